The standard InChI is InChI=1S/C16H24F3N3O.HI/c1-13-5-7-14(8-6-13)23-12-11-22-15(20-2)21-10-4-3-9-16(17,18)19;/h5-8H,3-4,9-12H2,1-2H3,(H2,20,21,22);1H. The second-order valence-electron chi connectivity index (χ2n) is 5.16. The lowest BCUT2D eigenvalue weighted by Gasteiger charge is -2.13. The molecular weight excluding hydrogens is 434 g/mol. The fourth-order valence-corrected chi connectivity index (χ4v) is 1.85. The number of aryl methyl sites for hydroxylation is 1. The second-order valence-corrected chi connectivity index (χ2v) is 5.16. The van der Waals surface area contributed by atoms with Crippen LogP contribution in [0, 0.1) is 6.92 Å². The fraction of sp³-hybridized carbons (Fsp3) is 0.562. The van der Waals surface area contributed by atoms with Crippen LogP contribution in [0.5, 0.6) is 5.75 Å². The Morgan fingerprint density at radius 2 is 1.71 bits per heavy atom. The lowest BCUT2D eigenvalue weighted by atomic mass is 10.2. The average Bonchev–Trinajstić information content (AvgIpc) is 2.49. The van der Waals surface area contributed by atoms with Crippen LogP contribution in [0.2, 0.25) is 0 Å². The number of nitrogens with zero attached hydrogens (tertiary/aromatic N) is 1. The predicted molar refractivity (Wildman–Crippen MR) is 101 cm³/mol. The van der Waals surface area contributed by atoms with Crippen LogP contribution in [0.1, 0.15) is 24.8 Å². The SMILES string of the molecule is CN=C(NCCCCC(F)(F)F)NCCOc1ccc(C)cc1.I. The molecule has 1 aromatic rings. The first-order valence-electron chi connectivity index (χ1n) is 7.61. The van der Waals surface area contributed by atoms with Gasteiger partial charge in [0.2, 0.25) is 0 Å². The molecule has 0 unspecified atom stereocenters. The molecule has 138 valence electrons. The van der Waals surface area contributed by atoms with Crippen molar-refractivity contribution in [2.24, 2.45) is 4.99 Å². The third-order valence-electron chi connectivity index (χ3n) is 3.09. The first kappa shape index (κ1) is 22.8. The van der Waals surface area contributed by atoms with Crippen LogP contribution in [0.4, 0.5) is 13.2 Å². The van der Waals surface area contributed by atoms with Crippen molar-refractivity contribution < 1.29 is 17.9 Å². The summed E-state index contributed by atoms with van der Waals surface area (Å²) in [5, 5.41) is 6.03. The van der Waals surface area contributed by atoms with E-state index in [1.807, 2.05) is 31.2 Å². The van der Waals surface area contributed by atoms with Crippen molar-refractivity contribution in [2.75, 3.05) is 26.7 Å². The molecule has 0 atom stereocenters. The van der Waals surface area contributed by atoms with E-state index in [0.29, 0.717) is 32.1 Å². The number of aliphatic imine (C=N–C) groups is 1. The highest BCUT2D eigenvalue weighted by Gasteiger charge is 2.25. The summed E-state index contributed by atoms with van der Waals surface area (Å²) in [6.45, 7) is 3.48. The average molecular weight is 459 g/mol. The van der Waals surface area contributed by atoms with Crippen LogP contribution in [0.25, 0.3) is 0 Å². The van der Waals surface area contributed by atoms with Crippen molar-refractivity contribution in [2.45, 2.75) is 32.4 Å². The molecule has 0 aliphatic rings. The van der Waals surface area contributed by atoms with Gasteiger partial charge < -0.3 is 15.4 Å². The van der Waals surface area contributed by atoms with Crippen LogP contribution < -0.4 is 15.4 Å². The summed E-state index contributed by atoms with van der Waals surface area (Å²) in [6, 6.07) is 7.76. The third kappa shape index (κ3) is 11.4. The van der Waals surface area contributed by atoms with Gasteiger partial charge in [-0.25, -0.2) is 0 Å². The number of rotatable bonds is 8. The van der Waals surface area contributed by atoms with E-state index in [-0.39, 0.29) is 30.4 Å². The van der Waals surface area contributed by atoms with Gasteiger partial charge in [0, 0.05) is 20.0 Å². The Hall–Kier alpha value is -1.19. The molecule has 0 aliphatic heterocycles. The molecule has 0 aliphatic carbocycles. The number of hydrogen-bond donors (Lipinski definition) is 2. The quantitative estimate of drug-likeness (QED) is 0.269. The van der Waals surface area contributed by atoms with E-state index in [2.05, 4.69) is 15.6 Å². The zero-order valence-corrected chi connectivity index (χ0v) is 16.3. The van der Waals surface area contributed by atoms with Crippen molar-refractivity contribution in [1.82, 2.24) is 10.6 Å². The van der Waals surface area contributed by atoms with Crippen molar-refractivity contribution in [1.29, 1.82) is 0 Å². The van der Waals surface area contributed by atoms with E-state index in [0.717, 1.165) is 5.75 Å². The smallest absolute Gasteiger partial charge is 0.389 e. The molecule has 24 heavy (non-hydrogen) atoms. The third-order valence-corrected chi connectivity index (χ3v) is 3.09. The van der Waals surface area contributed by atoms with Gasteiger partial charge in [0.1, 0.15) is 12.4 Å². The molecule has 0 amide bonds. The predicted octanol–water partition coefficient (Wildman–Crippen LogP) is 3.89. The van der Waals surface area contributed by atoms with Gasteiger partial charge in [-0.3, -0.25) is 4.99 Å². The largest absolute Gasteiger partial charge is 0.492 e. The molecule has 0 bridgehead atoms. The van der Waals surface area contributed by atoms with Crippen molar-refractivity contribution >= 4 is 29.9 Å². The van der Waals surface area contributed by atoms with E-state index in [1.165, 1.54) is 5.56 Å². The molecule has 4 nitrogen and oxygen atoms in total. The van der Waals surface area contributed by atoms with Crippen LogP contribution in [0.3, 0.4) is 0 Å². The van der Waals surface area contributed by atoms with Gasteiger partial charge in [0.05, 0.1) is 6.54 Å². The zero-order valence-electron chi connectivity index (χ0n) is 13.9. The monoisotopic (exact) mass is 459 g/mol. The molecule has 0 radical (unpaired) electrons. The lowest BCUT2D eigenvalue weighted by Crippen LogP contribution is -2.39. The van der Waals surface area contributed by atoms with Gasteiger partial charge in [-0.15, -0.1) is 24.0 Å². The summed E-state index contributed by atoms with van der Waals surface area (Å²) < 4.78 is 41.6. The van der Waals surface area contributed by atoms with E-state index >= 15 is 0 Å². The molecule has 0 saturated carbocycles. The number of hydrogen-bond acceptors (Lipinski definition) is 2. The minimum absolute atomic E-state index is 0. The van der Waals surface area contributed by atoms with Gasteiger partial charge in [-0.05, 0) is 31.9 Å². The number of ether oxygens (including phenoxy) is 1. The minimum atomic E-state index is -4.08. The maximum Gasteiger partial charge on any atom is 0.389 e. The van der Waals surface area contributed by atoms with Gasteiger partial charge in [-0.1, -0.05) is 17.7 Å². The van der Waals surface area contributed by atoms with Crippen molar-refractivity contribution in [3.63, 3.8) is 0 Å². The molecule has 0 heterocycles. The van der Waals surface area contributed by atoms with Crippen LogP contribution >= 0.6 is 24.0 Å². The van der Waals surface area contributed by atoms with Crippen LogP contribution in [-0.2, 0) is 0 Å². The van der Waals surface area contributed by atoms with E-state index in [9.17, 15) is 13.2 Å². The van der Waals surface area contributed by atoms with E-state index < -0.39 is 12.6 Å². The first-order chi connectivity index (χ1) is 10.9. The summed E-state index contributed by atoms with van der Waals surface area (Å²) in [5.74, 6) is 1.36. The normalized spacial score (nSPS) is 11.6. The summed E-state index contributed by atoms with van der Waals surface area (Å²) in [6.07, 6.45) is -4.26. The van der Waals surface area contributed by atoms with Crippen LogP contribution in [0.15, 0.2) is 29.3 Å². The lowest BCUT2D eigenvalue weighted by molar-refractivity contribution is -0.135. The molecule has 1 rings (SSSR count). The Kier molecular flexibility index (Phi) is 11.6. The van der Waals surface area contributed by atoms with Crippen molar-refractivity contribution in [3.8, 4) is 5.75 Å². The Morgan fingerprint density at radius 1 is 1.08 bits per heavy atom. The minimum Gasteiger partial charge on any atom is -0.492 e. The molecular formula is C16H25F3IN3O. The highest BCUT2D eigenvalue weighted by Crippen LogP contribution is 2.21. The molecule has 2 N–H and O–H groups in total. The van der Waals surface area contributed by atoms with Crippen LogP contribution in [-0.4, -0.2) is 38.9 Å². The van der Waals surface area contributed by atoms with Crippen molar-refractivity contribution in [3.05, 3.63) is 29.8 Å². The molecule has 0 aromatic heterocycles. The number of unbranched alkanes of at least 4 members (excludes halogenated alkanes) is 1. The van der Waals surface area contributed by atoms with E-state index in [1.54, 1.807) is 7.05 Å². The van der Waals surface area contributed by atoms with E-state index in [4.69, 9.17) is 4.74 Å². The topological polar surface area (TPSA) is 45.7 Å². The van der Waals surface area contributed by atoms with Gasteiger partial charge in [-0.2, -0.15) is 13.2 Å². The molecule has 0 spiro atoms. The molecule has 1 aromatic carbocycles. The number of alkyl halides is 3. The number of guanidine groups is 1. The zero-order chi connectivity index (χ0) is 17.1. The number of nitrogens with one attached hydrogen (secondary N) is 2. The Bertz CT molecular complexity index is 478. The maximum atomic E-state index is 12.0. The summed E-state index contributed by atoms with van der Waals surface area (Å²) >= 11 is 0. The Labute approximate surface area is 158 Å². The van der Waals surface area contributed by atoms with Gasteiger partial charge in [0.15, 0.2) is 5.96 Å². The second kappa shape index (κ2) is 12.2. The highest BCUT2D eigenvalue weighted by molar-refractivity contribution is 14.0. The molecule has 0 saturated heterocycles. The summed E-state index contributed by atoms with van der Waals surface area (Å²) in [5.41, 5.74) is 1.17. The summed E-state index contributed by atoms with van der Waals surface area (Å²) in [7, 11) is 1.62. The highest BCUT2D eigenvalue weighted by atomic mass is 127. The fourth-order valence-electron chi connectivity index (χ4n) is 1.85. The maximum absolute atomic E-state index is 12.0. The van der Waals surface area contributed by atoms with Gasteiger partial charge in [0.25, 0.3) is 0 Å². The Balaban J connectivity index is 0.00000529. The van der Waals surface area contributed by atoms with Gasteiger partial charge >= 0.3 is 6.18 Å². The number of halogens is 4. The number of benzene rings is 1. The molecule has 0 fully saturated rings. The molecule has 8 heteroatoms. The summed E-state index contributed by atoms with van der Waals surface area (Å²) in [4.78, 5) is 4.01. The Morgan fingerprint density at radius 3 is 2.29 bits per heavy atom. The first-order valence-corrected chi connectivity index (χ1v) is 7.61.